The normalized spacial score (nSPS) is 20.2. The molecule has 88 valence electrons. The van der Waals surface area contributed by atoms with E-state index in [9.17, 15) is 0 Å². The molecule has 1 atom stereocenters. The minimum atomic E-state index is -0.256. The van der Waals surface area contributed by atoms with E-state index in [0.29, 0.717) is 10.0 Å². The van der Waals surface area contributed by atoms with E-state index in [2.05, 4.69) is 0 Å². The molecule has 0 spiro atoms. The Hall–Kier alpha value is -0.280. The maximum atomic E-state index is 6.25. The summed E-state index contributed by atoms with van der Waals surface area (Å²) in [6, 6.07) is 5.16. The Morgan fingerprint density at radius 3 is 2.56 bits per heavy atom. The third kappa shape index (κ3) is 1.95. The van der Waals surface area contributed by atoms with Crippen molar-refractivity contribution in [2.45, 2.75) is 30.9 Å². The molecule has 2 rings (SSSR count). The summed E-state index contributed by atoms with van der Waals surface area (Å²) >= 11 is 12.1. The summed E-state index contributed by atoms with van der Waals surface area (Å²) in [5, 5.41) is 1.31. The molecular formula is C12H15Cl2NO. The van der Waals surface area contributed by atoms with Crippen LogP contribution in [-0.4, -0.2) is 12.7 Å². The molecule has 1 aliphatic rings. The molecule has 1 saturated carbocycles. The Kier molecular flexibility index (Phi) is 3.45. The highest BCUT2D eigenvalue weighted by Crippen LogP contribution is 2.45. The zero-order valence-corrected chi connectivity index (χ0v) is 10.7. The van der Waals surface area contributed by atoms with Crippen molar-refractivity contribution in [1.29, 1.82) is 0 Å². The van der Waals surface area contributed by atoms with E-state index in [1.165, 1.54) is 0 Å². The number of hydrogen-bond acceptors (Lipinski definition) is 2. The summed E-state index contributed by atoms with van der Waals surface area (Å²) < 4.78 is 5.56. The Morgan fingerprint density at radius 1 is 1.38 bits per heavy atom. The van der Waals surface area contributed by atoms with Crippen LogP contribution in [0.3, 0.4) is 0 Å². The minimum absolute atomic E-state index is 0.211. The summed E-state index contributed by atoms with van der Waals surface area (Å²) in [7, 11) is 1.71. The van der Waals surface area contributed by atoms with Gasteiger partial charge in [0.2, 0.25) is 0 Å². The maximum absolute atomic E-state index is 6.25. The fourth-order valence-corrected chi connectivity index (χ4v) is 2.62. The number of halogens is 2. The number of hydrogen-bond donors (Lipinski definition) is 1. The second-order valence-electron chi connectivity index (χ2n) is 4.27. The highest BCUT2D eigenvalue weighted by atomic mass is 35.5. The van der Waals surface area contributed by atoms with E-state index < -0.39 is 0 Å². The van der Waals surface area contributed by atoms with Crippen LogP contribution in [0.1, 0.15) is 30.9 Å². The van der Waals surface area contributed by atoms with Gasteiger partial charge in [0.25, 0.3) is 0 Å². The van der Waals surface area contributed by atoms with Gasteiger partial charge in [-0.1, -0.05) is 23.2 Å². The number of rotatable bonds is 3. The monoisotopic (exact) mass is 259 g/mol. The molecule has 0 aromatic heterocycles. The highest BCUT2D eigenvalue weighted by Gasteiger charge is 2.44. The van der Waals surface area contributed by atoms with Crippen LogP contribution in [0.25, 0.3) is 0 Å². The van der Waals surface area contributed by atoms with Crippen molar-refractivity contribution in [1.82, 2.24) is 0 Å². The van der Waals surface area contributed by atoms with E-state index in [1.54, 1.807) is 19.2 Å². The smallest absolute Gasteiger partial charge is 0.0871 e. The molecule has 2 N–H and O–H groups in total. The lowest BCUT2D eigenvalue weighted by Crippen LogP contribution is -2.48. The third-order valence-electron chi connectivity index (χ3n) is 3.47. The summed E-state index contributed by atoms with van der Waals surface area (Å²) in [5.74, 6) is 0. The standard InChI is InChI=1S/C12H15Cl2NO/c1-16-12(5-2-6-12)11(15)9-7-8(13)3-4-10(9)14/h3-4,7,11H,2,5-6,15H2,1H3. The number of benzene rings is 1. The van der Waals surface area contributed by atoms with Crippen LogP contribution in [0.4, 0.5) is 0 Å². The lowest BCUT2D eigenvalue weighted by Gasteiger charge is -2.45. The fraction of sp³-hybridized carbons (Fsp3) is 0.500. The topological polar surface area (TPSA) is 35.2 Å². The van der Waals surface area contributed by atoms with Crippen LogP contribution in [0.2, 0.25) is 10.0 Å². The first kappa shape index (κ1) is 12.2. The van der Waals surface area contributed by atoms with E-state index in [-0.39, 0.29) is 11.6 Å². The number of methoxy groups -OCH3 is 1. The molecule has 16 heavy (non-hydrogen) atoms. The van der Waals surface area contributed by atoms with Gasteiger partial charge in [0.15, 0.2) is 0 Å². The number of nitrogens with two attached hydrogens (primary N) is 1. The predicted octanol–water partition coefficient (Wildman–Crippen LogP) is 3.56. The molecule has 1 fully saturated rings. The van der Waals surface area contributed by atoms with Crippen molar-refractivity contribution in [2.24, 2.45) is 5.73 Å². The average Bonchev–Trinajstić information content (AvgIpc) is 2.21. The third-order valence-corrected chi connectivity index (χ3v) is 4.05. The molecule has 0 heterocycles. The summed E-state index contributed by atoms with van der Waals surface area (Å²) in [6.07, 6.45) is 3.11. The summed E-state index contributed by atoms with van der Waals surface area (Å²) in [4.78, 5) is 0. The van der Waals surface area contributed by atoms with Crippen molar-refractivity contribution < 1.29 is 4.74 Å². The maximum Gasteiger partial charge on any atom is 0.0871 e. The molecule has 1 aromatic carbocycles. The molecule has 0 saturated heterocycles. The van der Waals surface area contributed by atoms with Crippen LogP contribution in [0, 0.1) is 0 Å². The SMILES string of the molecule is COC1(C(N)c2cc(Cl)ccc2Cl)CCC1. The van der Waals surface area contributed by atoms with Gasteiger partial charge in [-0.05, 0) is 43.0 Å². The Bertz CT molecular complexity index is 385. The van der Waals surface area contributed by atoms with Gasteiger partial charge in [0, 0.05) is 17.2 Å². The zero-order chi connectivity index (χ0) is 11.8. The Labute approximate surface area is 106 Å². The van der Waals surface area contributed by atoms with Crippen LogP contribution in [0.5, 0.6) is 0 Å². The van der Waals surface area contributed by atoms with Crippen molar-refractivity contribution >= 4 is 23.2 Å². The lowest BCUT2D eigenvalue weighted by atomic mass is 9.72. The average molecular weight is 260 g/mol. The van der Waals surface area contributed by atoms with Gasteiger partial charge in [-0.15, -0.1) is 0 Å². The molecule has 0 amide bonds. The van der Waals surface area contributed by atoms with Gasteiger partial charge in [-0.2, -0.15) is 0 Å². The summed E-state index contributed by atoms with van der Waals surface area (Å²) in [5.41, 5.74) is 6.86. The molecular weight excluding hydrogens is 245 g/mol. The molecule has 1 unspecified atom stereocenters. The van der Waals surface area contributed by atoms with Gasteiger partial charge in [-0.3, -0.25) is 0 Å². The van der Waals surface area contributed by atoms with Crippen molar-refractivity contribution in [3.8, 4) is 0 Å². The molecule has 0 bridgehead atoms. The summed E-state index contributed by atoms with van der Waals surface area (Å²) in [6.45, 7) is 0. The number of ether oxygens (including phenoxy) is 1. The van der Waals surface area contributed by atoms with E-state index in [4.69, 9.17) is 33.7 Å². The van der Waals surface area contributed by atoms with Crippen LogP contribution >= 0.6 is 23.2 Å². The molecule has 1 aliphatic carbocycles. The first-order chi connectivity index (χ1) is 7.59. The molecule has 0 radical (unpaired) electrons. The molecule has 2 nitrogen and oxygen atoms in total. The van der Waals surface area contributed by atoms with E-state index >= 15 is 0 Å². The second-order valence-corrected chi connectivity index (χ2v) is 5.11. The molecule has 1 aromatic rings. The van der Waals surface area contributed by atoms with E-state index in [0.717, 1.165) is 24.8 Å². The van der Waals surface area contributed by atoms with Gasteiger partial charge in [-0.25, -0.2) is 0 Å². The van der Waals surface area contributed by atoms with E-state index in [1.807, 2.05) is 6.07 Å². The van der Waals surface area contributed by atoms with Crippen LogP contribution in [0.15, 0.2) is 18.2 Å². The van der Waals surface area contributed by atoms with Crippen molar-refractivity contribution in [3.63, 3.8) is 0 Å². The van der Waals surface area contributed by atoms with Crippen LogP contribution in [-0.2, 0) is 4.74 Å². The van der Waals surface area contributed by atoms with Crippen molar-refractivity contribution in [2.75, 3.05) is 7.11 Å². The first-order valence-electron chi connectivity index (χ1n) is 5.35. The predicted molar refractivity (Wildman–Crippen MR) is 67.0 cm³/mol. The minimum Gasteiger partial charge on any atom is -0.376 e. The van der Waals surface area contributed by atoms with Gasteiger partial charge >= 0.3 is 0 Å². The van der Waals surface area contributed by atoms with Gasteiger partial charge in [0.1, 0.15) is 0 Å². The zero-order valence-electron chi connectivity index (χ0n) is 9.17. The second kappa shape index (κ2) is 4.53. The van der Waals surface area contributed by atoms with Gasteiger partial charge in [0.05, 0.1) is 11.6 Å². The van der Waals surface area contributed by atoms with Crippen LogP contribution < -0.4 is 5.73 Å². The Morgan fingerprint density at radius 2 is 2.06 bits per heavy atom. The fourth-order valence-electron chi connectivity index (χ4n) is 2.20. The lowest BCUT2D eigenvalue weighted by molar-refractivity contribution is -0.0911. The largest absolute Gasteiger partial charge is 0.376 e. The quantitative estimate of drug-likeness (QED) is 0.901. The molecule has 0 aliphatic heterocycles. The molecule has 4 heteroatoms. The first-order valence-corrected chi connectivity index (χ1v) is 6.10. The highest BCUT2D eigenvalue weighted by molar-refractivity contribution is 6.33. The van der Waals surface area contributed by atoms with Crippen molar-refractivity contribution in [3.05, 3.63) is 33.8 Å². The Balaban J connectivity index is 2.32. The van der Waals surface area contributed by atoms with Gasteiger partial charge < -0.3 is 10.5 Å².